The van der Waals surface area contributed by atoms with Crippen LogP contribution >= 0.6 is 7.82 Å². The first-order chi connectivity index (χ1) is 19.6. The molecule has 0 saturated carbocycles. The smallest absolute Gasteiger partial charge is 0.459 e. The fraction of sp³-hybridized carbons (Fsp3) is 0.214. The third kappa shape index (κ3) is 6.33. The van der Waals surface area contributed by atoms with Gasteiger partial charge in [0.05, 0.1) is 16.6 Å². The molecule has 13 heteroatoms. The number of nitrogens with zero attached hydrogens (tertiary/aromatic N) is 1. The van der Waals surface area contributed by atoms with Crippen LogP contribution in [0.5, 0.6) is 0 Å². The third-order valence-electron chi connectivity index (χ3n) is 6.61. The van der Waals surface area contributed by atoms with E-state index in [0.717, 1.165) is 5.39 Å². The lowest BCUT2D eigenvalue weighted by Crippen LogP contribution is -2.58. The Morgan fingerprint density at radius 2 is 1.59 bits per heavy atom. The van der Waals surface area contributed by atoms with Crippen molar-refractivity contribution in [1.29, 1.82) is 0 Å². The molecule has 41 heavy (non-hydrogen) atoms. The molecule has 1 saturated heterocycles. The number of aliphatic hydroxyl groups is 1. The van der Waals surface area contributed by atoms with Crippen LogP contribution in [0, 0.1) is 0 Å². The Kier molecular flexibility index (Phi) is 8.22. The largest absolute Gasteiger partial charge is 0.470 e. The van der Waals surface area contributed by atoms with Crippen LogP contribution in [0.1, 0.15) is 26.9 Å². The number of aromatic nitrogens is 1. The van der Waals surface area contributed by atoms with Crippen LogP contribution in [0.4, 0.5) is 5.69 Å². The van der Waals surface area contributed by atoms with Crippen molar-refractivity contribution in [3.05, 3.63) is 102 Å². The number of carbonyl (C=O) groups is 2. The number of phosphoric ester groups is 1. The molecule has 5 atom stereocenters. The van der Waals surface area contributed by atoms with Gasteiger partial charge in [-0.1, -0.05) is 48.5 Å². The van der Waals surface area contributed by atoms with E-state index in [0.29, 0.717) is 5.52 Å². The first kappa shape index (κ1) is 28.5. The van der Waals surface area contributed by atoms with Crippen LogP contribution in [0.25, 0.3) is 10.9 Å². The average molecular weight is 583 g/mol. The number of anilines is 1. The normalized spacial score (nSPS) is 22.8. The molecule has 5 unspecified atom stereocenters. The highest BCUT2D eigenvalue weighted by molar-refractivity contribution is 7.46. The van der Waals surface area contributed by atoms with Gasteiger partial charge in [0.2, 0.25) is 0 Å². The number of fused-ring (bicyclic) bond motifs is 1. The van der Waals surface area contributed by atoms with E-state index < -0.39 is 57.0 Å². The number of hydrogen-bond acceptors (Lipinski definition) is 9. The molecule has 0 aliphatic carbocycles. The predicted molar refractivity (Wildman–Crippen MR) is 146 cm³/mol. The van der Waals surface area contributed by atoms with Gasteiger partial charge in [0.15, 0.2) is 12.3 Å². The number of rotatable bonds is 8. The first-order valence-corrected chi connectivity index (χ1v) is 14.1. The Balaban J connectivity index is 1.51. The van der Waals surface area contributed by atoms with Gasteiger partial charge in [-0.3, -0.25) is 4.52 Å². The Bertz CT molecular complexity index is 1590. The molecule has 5 rings (SSSR count). The van der Waals surface area contributed by atoms with E-state index in [-0.39, 0.29) is 16.8 Å². The van der Waals surface area contributed by atoms with Gasteiger partial charge in [-0.2, -0.15) is 0 Å². The lowest BCUT2D eigenvalue weighted by atomic mass is 9.97. The van der Waals surface area contributed by atoms with Gasteiger partial charge in [-0.25, -0.2) is 14.2 Å². The van der Waals surface area contributed by atoms with Gasteiger partial charge >= 0.3 is 19.8 Å². The number of ether oxygens (including phenoxy) is 3. The van der Waals surface area contributed by atoms with Gasteiger partial charge in [0.1, 0.15) is 24.9 Å². The molecule has 1 aliphatic rings. The number of nitrogen functional groups attached to an aromatic ring is 1. The number of esters is 2. The second-order valence-corrected chi connectivity index (χ2v) is 10.5. The topological polar surface area (TPSA) is 180 Å². The SMILES string of the molecule is Nc1ccccc1C(=O)OCC1OC(n2ccc3ccccc32)C(OC(=O)c2ccccc2)C(OP(=O)(O)O)C1O. The number of nitrogens with two attached hydrogens (primary N) is 1. The number of para-hydroxylation sites is 2. The summed E-state index contributed by atoms with van der Waals surface area (Å²) in [4.78, 5) is 45.2. The van der Waals surface area contributed by atoms with Crippen LogP contribution < -0.4 is 5.73 Å². The molecule has 2 heterocycles. The summed E-state index contributed by atoms with van der Waals surface area (Å²) in [5.41, 5.74) is 6.92. The standard InChI is InChI=1S/C28H27N2O10P/c29-20-12-6-5-11-19(20)28(33)37-16-22-23(31)24(40-41(34,35)36)25(39-27(32)18-9-2-1-3-10-18)26(38-22)30-15-14-17-8-4-7-13-21(17)30/h1-15,22-26,31H,16,29H2,(H2,34,35,36). The molecule has 0 spiro atoms. The van der Waals surface area contributed by atoms with E-state index >= 15 is 0 Å². The molecule has 4 aromatic rings. The zero-order chi connectivity index (χ0) is 29.1. The van der Waals surface area contributed by atoms with Gasteiger partial charge in [0.25, 0.3) is 0 Å². The molecule has 3 aromatic carbocycles. The summed E-state index contributed by atoms with van der Waals surface area (Å²) in [5, 5.41) is 12.0. The van der Waals surface area contributed by atoms with Gasteiger partial charge in [-0.05, 0) is 41.8 Å². The second kappa shape index (κ2) is 11.8. The number of carbonyl (C=O) groups excluding carboxylic acids is 2. The fourth-order valence-corrected chi connectivity index (χ4v) is 5.25. The van der Waals surface area contributed by atoms with E-state index in [1.807, 2.05) is 12.1 Å². The Morgan fingerprint density at radius 3 is 2.32 bits per heavy atom. The maximum Gasteiger partial charge on any atom is 0.470 e. The Labute approximate surface area is 234 Å². The van der Waals surface area contributed by atoms with E-state index in [1.54, 1.807) is 59.3 Å². The molecule has 0 amide bonds. The highest BCUT2D eigenvalue weighted by Crippen LogP contribution is 2.44. The van der Waals surface area contributed by atoms with Crippen molar-refractivity contribution in [3.8, 4) is 0 Å². The molecule has 1 fully saturated rings. The highest BCUT2D eigenvalue weighted by atomic mass is 31.2. The van der Waals surface area contributed by atoms with Crippen LogP contribution in [0.3, 0.4) is 0 Å². The van der Waals surface area contributed by atoms with Crippen LogP contribution in [0.15, 0.2) is 91.1 Å². The van der Waals surface area contributed by atoms with E-state index in [1.165, 1.54) is 24.3 Å². The van der Waals surface area contributed by atoms with Gasteiger partial charge < -0.3 is 39.4 Å². The van der Waals surface area contributed by atoms with E-state index in [2.05, 4.69) is 0 Å². The summed E-state index contributed by atoms with van der Waals surface area (Å²) >= 11 is 0. The lowest BCUT2D eigenvalue weighted by Gasteiger charge is -2.44. The monoisotopic (exact) mass is 582 g/mol. The van der Waals surface area contributed by atoms with Crippen molar-refractivity contribution in [2.45, 2.75) is 30.6 Å². The van der Waals surface area contributed by atoms with Crippen molar-refractivity contribution in [3.63, 3.8) is 0 Å². The van der Waals surface area contributed by atoms with Crippen LogP contribution in [-0.4, -0.2) is 62.4 Å². The molecule has 0 bridgehead atoms. The Morgan fingerprint density at radius 1 is 0.902 bits per heavy atom. The predicted octanol–water partition coefficient (Wildman–Crippen LogP) is 3.04. The van der Waals surface area contributed by atoms with Crippen LogP contribution in [-0.2, 0) is 23.3 Å². The highest BCUT2D eigenvalue weighted by Gasteiger charge is 2.52. The minimum atomic E-state index is -5.23. The second-order valence-electron chi connectivity index (χ2n) is 9.32. The first-order valence-electron chi connectivity index (χ1n) is 12.5. The van der Waals surface area contributed by atoms with Crippen molar-refractivity contribution in [2.75, 3.05) is 12.3 Å². The zero-order valence-corrected chi connectivity index (χ0v) is 22.3. The van der Waals surface area contributed by atoms with Crippen LogP contribution in [0.2, 0.25) is 0 Å². The van der Waals surface area contributed by atoms with Crippen molar-refractivity contribution < 1.29 is 47.8 Å². The quantitative estimate of drug-likeness (QED) is 0.136. The van der Waals surface area contributed by atoms with E-state index in [4.69, 9.17) is 24.5 Å². The zero-order valence-electron chi connectivity index (χ0n) is 21.4. The Hall–Kier alpha value is -4.03. The molecule has 12 nitrogen and oxygen atoms in total. The number of phosphoric acid groups is 1. The van der Waals surface area contributed by atoms with Gasteiger partial charge in [0, 0.05) is 11.9 Å². The average Bonchev–Trinajstić information content (AvgIpc) is 3.38. The fourth-order valence-electron chi connectivity index (χ4n) is 4.68. The lowest BCUT2D eigenvalue weighted by molar-refractivity contribution is -0.246. The maximum atomic E-state index is 13.1. The summed E-state index contributed by atoms with van der Waals surface area (Å²) in [7, 11) is -5.23. The van der Waals surface area contributed by atoms with Gasteiger partial charge in [-0.15, -0.1) is 0 Å². The summed E-state index contributed by atoms with van der Waals surface area (Å²) in [6, 6.07) is 23.1. The molecule has 5 N–H and O–H groups in total. The molecular formula is C28H27N2O10P. The minimum Gasteiger partial charge on any atom is -0.459 e. The number of hydrogen-bond donors (Lipinski definition) is 4. The molecule has 1 aromatic heterocycles. The maximum absolute atomic E-state index is 13.1. The molecule has 1 aliphatic heterocycles. The van der Waals surface area contributed by atoms with Crippen molar-refractivity contribution >= 4 is 36.4 Å². The molecular weight excluding hydrogens is 555 g/mol. The number of aliphatic hydroxyl groups excluding tert-OH is 1. The minimum absolute atomic E-state index is 0.0865. The van der Waals surface area contributed by atoms with Crippen molar-refractivity contribution in [1.82, 2.24) is 4.57 Å². The number of benzene rings is 3. The third-order valence-corrected chi connectivity index (χ3v) is 7.13. The summed E-state index contributed by atoms with van der Waals surface area (Å²) < 4.78 is 35.9. The van der Waals surface area contributed by atoms with E-state index in [9.17, 15) is 29.0 Å². The molecule has 0 radical (unpaired) electrons. The molecule has 214 valence electrons. The summed E-state index contributed by atoms with van der Waals surface area (Å²) in [6.45, 7) is -0.537. The van der Waals surface area contributed by atoms with Crippen molar-refractivity contribution in [2.24, 2.45) is 0 Å². The summed E-state index contributed by atoms with van der Waals surface area (Å²) in [6.07, 6.45) is -6.09. The summed E-state index contributed by atoms with van der Waals surface area (Å²) in [5.74, 6) is -1.64.